The molecule has 0 bridgehead atoms. The molecule has 2 aromatic carbocycles. The van der Waals surface area contributed by atoms with Crippen LogP contribution in [0.2, 0.25) is 0 Å². The zero-order valence-electron chi connectivity index (χ0n) is 19.4. The highest BCUT2D eigenvalue weighted by Crippen LogP contribution is 2.31. The summed E-state index contributed by atoms with van der Waals surface area (Å²) in [5.74, 6) is 0.775. The van der Waals surface area contributed by atoms with E-state index in [1.54, 1.807) is 10.7 Å². The Labute approximate surface area is 211 Å². The maximum Gasteiger partial charge on any atom is 0.219 e. The molecule has 8 nitrogen and oxygen atoms in total. The van der Waals surface area contributed by atoms with Gasteiger partial charge in [0.05, 0.1) is 17.8 Å². The van der Waals surface area contributed by atoms with E-state index < -0.39 is 0 Å². The number of hydrogen-bond acceptors (Lipinski definition) is 7. The Morgan fingerprint density at radius 2 is 1.67 bits per heavy atom. The average molecular weight is 495 g/mol. The Balaban J connectivity index is 1.37. The fourth-order valence-electron chi connectivity index (χ4n) is 4.05. The maximum atomic E-state index is 11.2. The Morgan fingerprint density at radius 1 is 0.889 bits per heavy atom. The lowest BCUT2D eigenvalue weighted by atomic mass is 10.1. The van der Waals surface area contributed by atoms with E-state index in [-0.39, 0.29) is 5.88 Å². The smallest absolute Gasteiger partial charge is 0.219 e. The van der Waals surface area contributed by atoms with Gasteiger partial charge in [-0.3, -0.25) is 4.40 Å². The third-order valence-corrected chi connectivity index (χ3v) is 6.82. The molecule has 0 radical (unpaired) electrons. The van der Waals surface area contributed by atoms with Crippen LogP contribution in [-0.4, -0.2) is 34.2 Å². The molecular weight excluding hydrogens is 472 g/mol. The maximum absolute atomic E-state index is 11.2. The highest BCUT2D eigenvalue weighted by atomic mass is 32.2. The molecule has 0 atom stereocenters. The minimum atomic E-state index is 0.0813. The molecule has 0 unspecified atom stereocenters. The van der Waals surface area contributed by atoms with E-state index in [4.69, 9.17) is 14.4 Å². The van der Waals surface area contributed by atoms with Gasteiger partial charge in [-0.25, -0.2) is 9.97 Å². The molecule has 6 rings (SSSR count). The molecule has 36 heavy (non-hydrogen) atoms. The van der Waals surface area contributed by atoms with E-state index in [1.165, 1.54) is 11.8 Å². The molecule has 0 fully saturated rings. The second-order valence-corrected chi connectivity index (χ2v) is 9.37. The molecule has 9 heteroatoms. The minimum absolute atomic E-state index is 0.0813. The van der Waals surface area contributed by atoms with Gasteiger partial charge in [-0.2, -0.15) is 0 Å². The standard InChI is InChI=1S/C27H22N6O2S/c1-32-17-28-31-27(32)36-24-13-12-20(35-24)15-22-26(34)33-16-23(19-10-6-3-7-11-19)29-21(25(33)30-22)14-18-8-4-2-5-9-18/h2-13,16-17,34H,14-15H2,1H3. The van der Waals surface area contributed by atoms with Gasteiger partial charge >= 0.3 is 0 Å². The van der Waals surface area contributed by atoms with Crippen LogP contribution in [0.25, 0.3) is 16.9 Å². The summed E-state index contributed by atoms with van der Waals surface area (Å²) in [7, 11) is 1.88. The molecule has 178 valence electrons. The molecule has 1 N–H and O–H groups in total. The summed E-state index contributed by atoms with van der Waals surface area (Å²) in [6.07, 6.45) is 4.42. The number of rotatable bonds is 7. The first-order valence-corrected chi connectivity index (χ1v) is 12.3. The molecule has 0 saturated carbocycles. The molecular formula is C27H22N6O2S. The van der Waals surface area contributed by atoms with Crippen LogP contribution in [0.5, 0.6) is 5.88 Å². The van der Waals surface area contributed by atoms with Crippen LogP contribution in [-0.2, 0) is 19.9 Å². The van der Waals surface area contributed by atoms with Crippen LogP contribution in [0.4, 0.5) is 0 Å². The van der Waals surface area contributed by atoms with Crippen LogP contribution >= 0.6 is 11.8 Å². The van der Waals surface area contributed by atoms with Crippen molar-refractivity contribution in [3.63, 3.8) is 0 Å². The molecule has 4 aromatic heterocycles. The number of fused-ring (bicyclic) bond motifs is 1. The molecule has 4 heterocycles. The van der Waals surface area contributed by atoms with Gasteiger partial charge in [-0.05, 0) is 29.5 Å². The van der Waals surface area contributed by atoms with Crippen LogP contribution in [0, 0.1) is 0 Å². The zero-order valence-corrected chi connectivity index (χ0v) is 20.3. The van der Waals surface area contributed by atoms with Crippen molar-refractivity contribution >= 4 is 17.4 Å². The highest BCUT2D eigenvalue weighted by Gasteiger charge is 2.19. The Kier molecular flexibility index (Phi) is 5.74. The van der Waals surface area contributed by atoms with Crippen molar-refractivity contribution in [1.82, 2.24) is 29.1 Å². The summed E-state index contributed by atoms with van der Waals surface area (Å²) in [6.45, 7) is 0. The van der Waals surface area contributed by atoms with Crippen molar-refractivity contribution in [1.29, 1.82) is 0 Å². The number of furan rings is 1. The van der Waals surface area contributed by atoms with E-state index in [0.29, 0.717) is 35.0 Å². The van der Waals surface area contributed by atoms with Gasteiger partial charge in [0.1, 0.15) is 17.8 Å². The van der Waals surface area contributed by atoms with Gasteiger partial charge in [-0.15, -0.1) is 10.2 Å². The topological polar surface area (TPSA) is 94.3 Å². The lowest BCUT2D eigenvalue weighted by Crippen LogP contribution is -2.00. The quantitative estimate of drug-likeness (QED) is 0.328. The van der Waals surface area contributed by atoms with Gasteiger partial charge < -0.3 is 14.1 Å². The molecule has 0 amide bonds. The lowest BCUT2D eigenvalue weighted by molar-refractivity contribution is 0.422. The molecule has 0 saturated heterocycles. The van der Waals surface area contributed by atoms with Gasteiger partial charge in [0.2, 0.25) is 5.88 Å². The van der Waals surface area contributed by atoms with Crippen LogP contribution < -0.4 is 0 Å². The summed E-state index contributed by atoms with van der Waals surface area (Å²) in [6, 6.07) is 23.9. The fourth-order valence-corrected chi connectivity index (χ4v) is 4.79. The normalized spacial score (nSPS) is 11.4. The lowest BCUT2D eigenvalue weighted by Gasteiger charge is -2.08. The number of nitrogens with zero attached hydrogens (tertiary/aromatic N) is 6. The monoisotopic (exact) mass is 494 g/mol. The number of hydrogen-bond donors (Lipinski definition) is 1. The summed E-state index contributed by atoms with van der Waals surface area (Å²) in [5.41, 5.74) is 4.82. The van der Waals surface area contributed by atoms with E-state index in [0.717, 1.165) is 27.7 Å². The largest absolute Gasteiger partial charge is 0.493 e. The molecule has 0 aliphatic heterocycles. The second kappa shape index (κ2) is 9.35. The Bertz CT molecular complexity index is 1640. The number of aromatic hydroxyl groups is 1. The third kappa shape index (κ3) is 4.36. The van der Waals surface area contributed by atoms with Crippen molar-refractivity contribution < 1.29 is 9.52 Å². The third-order valence-electron chi connectivity index (χ3n) is 5.84. The fraction of sp³-hybridized carbons (Fsp3) is 0.111. The first-order chi connectivity index (χ1) is 17.6. The number of aromatic nitrogens is 6. The van der Waals surface area contributed by atoms with Crippen molar-refractivity contribution in [2.45, 2.75) is 23.1 Å². The molecule has 0 spiro atoms. The number of aryl methyl sites for hydroxylation is 1. The van der Waals surface area contributed by atoms with E-state index in [2.05, 4.69) is 22.3 Å². The predicted octanol–water partition coefficient (Wildman–Crippen LogP) is 5.16. The predicted molar refractivity (Wildman–Crippen MR) is 136 cm³/mol. The Hall–Kier alpha value is -4.37. The molecule has 6 aromatic rings. The van der Waals surface area contributed by atoms with Gasteiger partial charge in [0.15, 0.2) is 15.9 Å². The summed E-state index contributed by atoms with van der Waals surface area (Å²) in [4.78, 5) is 9.74. The summed E-state index contributed by atoms with van der Waals surface area (Å²) in [5, 5.41) is 20.6. The van der Waals surface area contributed by atoms with Gasteiger partial charge in [0, 0.05) is 25.2 Å². The number of imidazole rings is 1. The van der Waals surface area contributed by atoms with E-state index >= 15 is 0 Å². The zero-order chi connectivity index (χ0) is 24.5. The van der Waals surface area contributed by atoms with E-state index in [9.17, 15) is 5.11 Å². The highest BCUT2D eigenvalue weighted by molar-refractivity contribution is 7.99. The van der Waals surface area contributed by atoms with Crippen molar-refractivity contribution in [3.05, 3.63) is 108 Å². The van der Waals surface area contributed by atoms with Crippen molar-refractivity contribution in [3.8, 4) is 17.1 Å². The van der Waals surface area contributed by atoms with E-state index in [1.807, 2.05) is 78.5 Å². The first-order valence-electron chi connectivity index (χ1n) is 11.4. The van der Waals surface area contributed by atoms with Crippen molar-refractivity contribution in [2.24, 2.45) is 7.05 Å². The SMILES string of the molecule is Cn1cnnc1Sc1ccc(Cc2nc3c(Cc4ccccc4)nc(-c4ccccc4)cn3c2O)o1. The first kappa shape index (κ1) is 22.1. The average Bonchev–Trinajstić information content (AvgIpc) is 3.61. The number of benzene rings is 2. The summed E-state index contributed by atoms with van der Waals surface area (Å²) >= 11 is 1.39. The van der Waals surface area contributed by atoms with Gasteiger partial charge in [-0.1, -0.05) is 60.7 Å². The summed E-state index contributed by atoms with van der Waals surface area (Å²) < 4.78 is 9.54. The Morgan fingerprint density at radius 3 is 2.42 bits per heavy atom. The van der Waals surface area contributed by atoms with Crippen LogP contribution in [0.3, 0.4) is 0 Å². The minimum Gasteiger partial charge on any atom is -0.493 e. The van der Waals surface area contributed by atoms with Gasteiger partial charge in [0.25, 0.3) is 0 Å². The van der Waals surface area contributed by atoms with Crippen LogP contribution in [0.1, 0.15) is 22.7 Å². The molecule has 0 aliphatic carbocycles. The van der Waals surface area contributed by atoms with Crippen LogP contribution in [0.15, 0.2) is 100.0 Å². The van der Waals surface area contributed by atoms with Crippen molar-refractivity contribution in [2.75, 3.05) is 0 Å². The second-order valence-electron chi connectivity index (χ2n) is 8.40. The molecule has 0 aliphatic rings.